The third kappa shape index (κ3) is 9.44. The summed E-state index contributed by atoms with van der Waals surface area (Å²) >= 11 is 0. The highest BCUT2D eigenvalue weighted by Crippen LogP contribution is 2.33. The first-order chi connectivity index (χ1) is 15.6. The standard InChI is InChI=1S/C24H34O7S2/c1-2-3-4-5-6-7-8-9-10-11-14-20-19-21(32(25,26)27)17-18-22(20)31-23-15-12-13-16-24(23)33(28,29)30/h12-13,15-19H,2-11,14H2,1H3,(H,25,26,27)(H,28,29,30). The number of hydrogen-bond donors (Lipinski definition) is 2. The number of rotatable bonds is 15. The second kappa shape index (κ2) is 13.1. The number of hydrogen-bond acceptors (Lipinski definition) is 5. The van der Waals surface area contributed by atoms with Gasteiger partial charge in [-0.05, 0) is 48.7 Å². The van der Waals surface area contributed by atoms with Crippen LogP contribution >= 0.6 is 0 Å². The maximum atomic E-state index is 11.6. The molecule has 184 valence electrons. The molecule has 9 heteroatoms. The Morgan fingerprint density at radius 3 is 1.85 bits per heavy atom. The first-order valence-electron chi connectivity index (χ1n) is 11.5. The summed E-state index contributed by atoms with van der Waals surface area (Å²) in [5, 5.41) is 0. The Morgan fingerprint density at radius 2 is 1.27 bits per heavy atom. The van der Waals surface area contributed by atoms with Gasteiger partial charge in [0, 0.05) is 0 Å². The lowest BCUT2D eigenvalue weighted by molar-refractivity contribution is 0.445. The molecule has 0 aliphatic heterocycles. The van der Waals surface area contributed by atoms with Crippen molar-refractivity contribution >= 4 is 20.2 Å². The van der Waals surface area contributed by atoms with Crippen molar-refractivity contribution in [2.75, 3.05) is 0 Å². The lowest BCUT2D eigenvalue weighted by Crippen LogP contribution is -2.03. The fraction of sp³-hybridized carbons (Fsp3) is 0.500. The minimum absolute atomic E-state index is 0.0658. The fourth-order valence-corrected chi connectivity index (χ4v) is 4.83. The predicted octanol–water partition coefficient (Wildman–Crippen LogP) is 6.44. The largest absolute Gasteiger partial charge is 0.456 e. The van der Waals surface area contributed by atoms with E-state index >= 15 is 0 Å². The van der Waals surface area contributed by atoms with Crippen molar-refractivity contribution < 1.29 is 30.7 Å². The van der Waals surface area contributed by atoms with Gasteiger partial charge in [0.25, 0.3) is 20.2 Å². The van der Waals surface area contributed by atoms with Gasteiger partial charge in [-0.15, -0.1) is 0 Å². The van der Waals surface area contributed by atoms with Gasteiger partial charge < -0.3 is 4.74 Å². The van der Waals surface area contributed by atoms with E-state index in [1.165, 1.54) is 74.9 Å². The summed E-state index contributed by atoms with van der Waals surface area (Å²) in [5.74, 6) is 0.207. The van der Waals surface area contributed by atoms with Crippen LogP contribution in [0.15, 0.2) is 52.3 Å². The Hall–Kier alpha value is -1.94. The smallest absolute Gasteiger partial charge is 0.298 e. The van der Waals surface area contributed by atoms with E-state index in [4.69, 9.17) is 4.74 Å². The first kappa shape index (κ1) is 27.3. The van der Waals surface area contributed by atoms with Crippen LogP contribution in [-0.4, -0.2) is 25.9 Å². The molecule has 0 amide bonds. The molecule has 0 fully saturated rings. The zero-order chi connectivity index (χ0) is 24.3. The molecular weight excluding hydrogens is 464 g/mol. The third-order valence-corrected chi connectivity index (χ3v) is 7.22. The molecule has 0 saturated carbocycles. The Labute approximate surface area is 197 Å². The molecule has 0 spiro atoms. The van der Waals surface area contributed by atoms with Gasteiger partial charge in [-0.3, -0.25) is 9.11 Å². The van der Waals surface area contributed by atoms with E-state index in [-0.39, 0.29) is 21.3 Å². The van der Waals surface area contributed by atoms with Crippen molar-refractivity contribution in [2.45, 2.75) is 87.3 Å². The Kier molecular flexibility index (Phi) is 10.8. The molecule has 0 aromatic heterocycles. The normalized spacial score (nSPS) is 12.1. The minimum Gasteiger partial charge on any atom is -0.456 e. The lowest BCUT2D eigenvalue weighted by atomic mass is 10.0. The van der Waals surface area contributed by atoms with Crippen molar-refractivity contribution in [3.05, 3.63) is 48.0 Å². The van der Waals surface area contributed by atoms with Crippen molar-refractivity contribution in [3.8, 4) is 11.5 Å². The van der Waals surface area contributed by atoms with E-state index in [9.17, 15) is 25.9 Å². The lowest BCUT2D eigenvalue weighted by Gasteiger charge is -2.14. The van der Waals surface area contributed by atoms with Crippen molar-refractivity contribution in [1.29, 1.82) is 0 Å². The monoisotopic (exact) mass is 498 g/mol. The summed E-state index contributed by atoms with van der Waals surface area (Å²) in [7, 11) is -8.89. The quantitative estimate of drug-likeness (QED) is 0.214. The molecule has 0 aliphatic carbocycles. The van der Waals surface area contributed by atoms with E-state index in [0.29, 0.717) is 12.0 Å². The summed E-state index contributed by atoms with van der Waals surface area (Å²) in [6.07, 6.45) is 12.1. The van der Waals surface area contributed by atoms with Crippen LogP contribution < -0.4 is 4.74 Å². The Balaban J connectivity index is 2.04. The second-order valence-corrected chi connectivity index (χ2v) is 11.0. The molecule has 2 N–H and O–H groups in total. The van der Waals surface area contributed by atoms with Gasteiger partial charge in [-0.1, -0.05) is 76.8 Å². The second-order valence-electron chi connectivity index (χ2n) is 8.20. The molecular formula is C24H34O7S2. The average molecular weight is 499 g/mol. The van der Waals surface area contributed by atoms with Gasteiger partial charge in [-0.25, -0.2) is 0 Å². The van der Waals surface area contributed by atoms with Crippen molar-refractivity contribution in [3.63, 3.8) is 0 Å². The molecule has 0 bridgehead atoms. The van der Waals surface area contributed by atoms with Crippen LogP contribution in [0.4, 0.5) is 0 Å². The van der Waals surface area contributed by atoms with Crippen LogP contribution in [0.5, 0.6) is 11.5 Å². The molecule has 0 unspecified atom stereocenters. The van der Waals surface area contributed by atoms with Crippen LogP contribution in [0.25, 0.3) is 0 Å². The average Bonchev–Trinajstić information content (AvgIpc) is 2.75. The maximum Gasteiger partial charge on any atom is 0.298 e. The third-order valence-electron chi connectivity index (χ3n) is 5.48. The van der Waals surface area contributed by atoms with Crippen molar-refractivity contribution in [1.82, 2.24) is 0 Å². The van der Waals surface area contributed by atoms with Gasteiger partial charge in [0.1, 0.15) is 16.4 Å². The fourth-order valence-electron chi connectivity index (χ4n) is 3.68. The van der Waals surface area contributed by atoms with Crippen LogP contribution in [0.1, 0.15) is 76.7 Å². The van der Waals surface area contributed by atoms with Gasteiger partial charge in [0.05, 0.1) is 4.90 Å². The highest BCUT2D eigenvalue weighted by atomic mass is 32.2. The molecule has 0 aliphatic rings. The summed E-state index contributed by atoms with van der Waals surface area (Å²) in [6.45, 7) is 2.20. The van der Waals surface area contributed by atoms with E-state index < -0.39 is 20.2 Å². The van der Waals surface area contributed by atoms with Crippen LogP contribution in [0.2, 0.25) is 0 Å². The molecule has 2 aromatic rings. The molecule has 0 heterocycles. The number of benzene rings is 2. The maximum absolute atomic E-state index is 11.6. The Bertz CT molecular complexity index is 1090. The van der Waals surface area contributed by atoms with E-state index in [0.717, 1.165) is 25.7 Å². The number of ether oxygens (including phenoxy) is 1. The molecule has 0 saturated heterocycles. The van der Waals surface area contributed by atoms with Crippen LogP contribution in [0.3, 0.4) is 0 Å². The predicted molar refractivity (Wildman–Crippen MR) is 128 cm³/mol. The number of unbranched alkanes of at least 4 members (excludes halogenated alkanes) is 9. The van der Waals surface area contributed by atoms with E-state index in [2.05, 4.69) is 6.92 Å². The number of aryl methyl sites for hydroxylation is 1. The van der Waals surface area contributed by atoms with Gasteiger partial charge >= 0.3 is 0 Å². The summed E-state index contributed by atoms with van der Waals surface area (Å²) in [6, 6.07) is 9.58. The SMILES string of the molecule is CCCCCCCCCCCCc1cc(S(=O)(=O)O)ccc1Oc1ccccc1S(=O)(=O)O. The van der Waals surface area contributed by atoms with Crippen LogP contribution in [0, 0.1) is 0 Å². The Morgan fingerprint density at radius 1 is 0.697 bits per heavy atom. The number of para-hydroxylation sites is 1. The zero-order valence-corrected chi connectivity index (χ0v) is 20.7. The molecule has 2 aromatic carbocycles. The molecule has 33 heavy (non-hydrogen) atoms. The molecule has 7 nitrogen and oxygen atoms in total. The summed E-state index contributed by atoms with van der Waals surface area (Å²) < 4.78 is 71.1. The van der Waals surface area contributed by atoms with Gasteiger partial charge in [-0.2, -0.15) is 16.8 Å². The topological polar surface area (TPSA) is 118 Å². The van der Waals surface area contributed by atoms with Crippen molar-refractivity contribution in [2.24, 2.45) is 0 Å². The minimum atomic E-state index is -4.50. The molecule has 0 atom stereocenters. The molecule has 2 rings (SSSR count). The van der Waals surface area contributed by atoms with E-state index in [1.807, 2.05) is 0 Å². The highest BCUT2D eigenvalue weighted by Gasteiger charge is 2.19. The van der Waals surface area contributed by atoms with Gasteiger partial charge in [0.15, 0.2) is 0 Å². The van der Waals surface area contributed by atoms with Crippen LogP contribution in [-0.2, 0) is 26.7 Å². The summed E-state index contributed by atoms with van der Waals surface area (Å²) in [4.78, 5) is -0.631. The zero-order valence-electron chi connectivity index (χ0n) is 19.1. The van der Waals surface area contributed by atoms with E-state index in [1.54, 1.807) is 6.07 Å². The summed E-state index contributed by atoms with van der Waals surface area (Å²) in [5.41, 5.74) is 0.537. The van der Waals surface area contributed by atoms with Gasteiger partial charge in [0.2, 0.25) is 0 Å². The first-order valence-corrected chi connectivity index (χ1v) is 14.4. The molecule has 0 radical (unpaired) electrons. The highest BCUT2D eigenvalue weighted by molar-refractivity contribution is 7.86.